The molecule has 5 rings (SSSR count). The fourth-order valence-corrected chi connectivity index (χ4v) is 5.91. The molecule has 1 aliphatic carbocycles. The number of carbonyl (C=O) groups is 1. The number of nitrogens with zero attached hydrogens (tertiary/aromatic N) is 4. The van der Waals surface area contributed by atoms with Gasteiger partial charge in [0.05, 0.1) is 15.2 Å². The van der Waals surface area contributed by atoms with E-state index in [4.69, 9.17) is 6.85 Å². The largest absolute Gasteiger partial charge is 0.416 e. The molecule has 0 spiro atoms. The summed E-state index contributed by atoms with van der Waals surface area (Å²) in [6, 6.07) is 6.04. The van der Waals surface area contributed by atoms with E-state index in [0.29, 0.717) is 36.2 Å². The Bertz CT molecular complexity index is 2190. The lowest BCUT2D eigenvalue weighted by Gasteiger charge is -2.28. The van der Waals surface area contributed by atoms with Gasteiger partial charge in [0.1, 0.15) is 12.3 Å². The van der Waals surface area contributed by atoms with Crippen LogP contribution in [-0.2, 0) is 42.5 Å². The van der Waals surface area contributed by atoms with E-state index < -0.39 is 83.1 Å². The number of amides is 1. The smallest absolute Gasteiger partial charge is 0.336 e. The summed E-state index contributed by atoms with van der Waals surface area (Å²) < 4.78 is 136. The Morgan fingerprint density at radius 3 is 2.40 bits per heavy atom. The minimum absolute atomic E-state index is 0.00221. The lowest BCUT2D eigenvalue weighted by Crippen LogP contribution is -2.40. The number of fused-ring (bicyclic) bond motifs is 1. The second-order valence-electron chi connectivity index (χ2n) is 11.1. The molecule has 0 bridgehead atoms. The Balaban J connectivity index is 1.67. The number of aromatic nitrogens is 2. The molecule has 11 heteroatoms. The maximum atomic E-state index is 14.9. The number of benzene rings is 3. The van der Waals surface area contributed by atoms with Crippen LogP contribution in [-0.4, -0.2) is 51.4 Å². The lowest BCUT2D eigenvalue weighted by atomic mass is 9.98. The molecule has 0 saturated heterocycles. The molecule has 1 heterocycles. The molecule has 254 valence electrons. The second kappa shape index (κ2) is 15.5. The summed E-state index contributed by atoms with van der Waals surface area (Å²) in [6.45, 7) is -0.960. The predicted molar refractivity (Wildman–Crippen MR) is 181 cm³/mol. The molecule has 0 aliphatic heterocycles. The second-order valence-corrected chi connectivity index (χ2v) is 11.8. The Morgan fingerprint density at radius 2 is 1.73 bits per heavy atom. The van der Waals surface area contributed by atoms with E-state index in [0.717, 1.165) is 41.0 Å². The zero-order chi connectivity index (χ0) is 42.4. The van der Waals surface area contributed by atoms with Gasteiger partial charge in [-0.3, -0.25) is 9.59 Å². The van der Waals surface area contributed by atoms with Crippen molar-refractivity contribution in [3.05, 3.63) is 116 Å². The predicted octanol–water partition coefficient (Wildman–Crippen LogP) is 7.53. The number of rotatable bonds is 13. The summed E-state index contributed by atoms with van der Waals surface area (Å²) in [4.78, 5) is 34.5. The normalized spacial score (nSPS) is 16.5. The summed E-state index contributed by atoms with van der Waals surface area (Å²) in [5, 5.41) is -0.530. The Morgan fingerprint density at radius 1 is 1.02 bits per heavy atom. The van der Waals surface area contributed by atoms with E-state index in [1.807, 2.05) is 18.7 Å². The summed E-state index contributed by atoms with van der Waals surface area (Å²) in [7, 11) is 0. The third kappa shape index (κ3) is 8.54. The fourth-order valence-electron chi connectivity index (χ4n) is 5.19. The van der Waals surface area contributed by atoms with Gasteiger partial charge in [-0.2, -0.15) is 18.2 Å². The standard InChI is InChI=1S/C37H40F4N4O2S/c1-4-43(5-2)19-20-44(22-29-12-11-28(21-25(29)3)27-13-15-30(16-14-27)37(39,40)41)34(46)23-45-33-8-6-7-32(33)35(47)42-36(45)48-24-26-9-17-31(38)18-10-26/h9-18,21H,4-8,19-20,22-24H2,1-3H3/i11D,12D,21D,22D2,23D2,24D2. The maximum Gasteiger partial charge on any atom is 0.416 e. The molecule has 48 heavy (non-hydrogen) atoms. The van der Waals surface area contributed by atoms with Crippen LogP contribution in [0.15, 0.2) is 76.6 Å². The highest BCUT2D eigenvalue weighted by Crippen LogP contribution is 2.32. The van der Waals surface area contributed by atoms with E-state index in [9.17, 15) is 32.6 Å². The number of alkyl halides is 3. The van der Waals surface area contributed by atoms with Gasteiger partial charge in [-0.25, -0.2) is 4.39 Å². The molecule has 0 N–H and O–H groups in total. The summed E-state index contributed by atoms with van der Waals surface area (Å²) in [5.74, 6) is -2.13. The van der Waals surface area contributed by atoms with E-state index in [1.54, 1.807) is 0 Å². The van der Waals surface area contributed by atoms with Crippen molar-refractivity contribution in [1.82, 2.24) is 19.4 Å². The number of thioether (sulfide) groups is 1. The SMILES string of the molecule is [2H]c1c([2H])c(C([2H])([2H])N(CCN(CC)CC)C(=O)C([2H])([2H])n2c(SC([2H])([2H])c3ccc(F)cc3)nc(=O)c3c2CCC3)c(C)c([2H])c1-c1ccc(C(F)(F)F)cc1. The van der Waals surface area contributed by atoms with Gasteiger partial charge in [0.15, 0.2) is 5.16 Å². The average molecular weight is 690 g/mol. The van der Waals surface area contributed by atoms with Gasteiger partial charge in [0.25, 0.3) is 5.56 Å². The highest BCUT2D eigenvalue weighted by molar-refractivity contribution is 7.98. The number of carbonyl (C=O) groups excluding carboxylic acids is 1. The number of hydrogen-bond acceptors (Lipinski definition) is 5. The zero-order valence-electron chi connectivity index (χ0n) is 35.6. The van der Waals surface area contributed by atoms with Crippen LogP contribution in [0, 0.1) is 12.7 Å². The maximum absolute atomic E-state index is 14.9. The van der Waals surface area contributed by atoms with Crippen molar-refractivity contribution in [1.29, 1.82) is 0 Å². The topological polar surface area (TPSA) is 58.4 Å². The van der Waals surface area contributed by atoms with E-state index in [-0.39, 0.29) is 52.9 Å². The van der Waals surface area contributed by atoms with Gasteiger partial charge in [-0.05, 0) is 91.4 Å². The first kappa shape index (κ1) is 25.1. The first-order chi connectivity index (χ1) is 26.5. The van der Waals surface area contributed by atoms with Crippen molar-refractivity contribution >= 4 is 17.7 Å². The van der Waals surface area contributed by atoms with Crippen molar-refractivity contribution in [3.8, 4) is 11.1 Å². The minimum atomic E-state index is -4.66. The molecule has 0 fully saturated rings. The third-order valence-electron chi connectivity index (χ3n) is 7.94. The molecule has 6 nitrogen and oxygen atoms in total. The van der Waals surface area contributed by atoms with Crippen molar-refractivity contribution in [2.24, 2.45) is 0 Å². The van der Waals surface area contributed by atoms with Crippen LogP contribution in [0.3, 0.4) is 0 Å². The molecule has 0 atom stereocenters. The van der Waals surface area contributed by atoms with Crippen LogP contribution in [0.4, 0.5) is 17.6 Å². The van der Waals surface area contributed by atoms with Crippen LogP contribution in [0.25, 0.3) is 11.1 Å². The zero-order valence-corrected chi connectivity index (χ0v) is 27.4. The Kier molecular flexibility index (Phi) is 8.10. The summed E-state index contributed by atoms with van der Waals surface area (Å²) in [5.41, 5.74) is -5.10. The minimum Gasteiger partial charge on any atom is -0.336 e. The number of likely N-dealkylation sites (N-methyl/N-ethyl adjacent to an activating group) is 1. The molecule has 1 aromatic heterocycles. The molecule has 4 aromatic rings. The average Bonchev–Trinajstić information content (AvgIpc) is 3.62. The fraction of sp³-hybridized carbons (Fsp3) is 0.378. The first-order valence-electron chi connectivity index (χ1n) is 19.9. The van der Waals surface area contributed by atoms with Gasteiger partial charge in [-0.1, -0.05) is 68.0 Å². The first-order valence-corrected chi connectivity index (χ1v) is 16.2. The third-order valence-corrected chi connectivity index (χ3v) is 8.74. The van der Waals surface area contributed by atoms with Crippen LogP contribution in [0.5, 0.6) is 0 Å². The van der Waals surface area contributed by atoms with Crippen LogP contribution in [0.1, 0.15) is 66.1 Å². The van der Waals surface area contributed by atoms with Gasteiger partial charge in [0, 0.05) is 39.3 Å². The molecular weight excluding hydrogens is 640 g/mol. The quantitative estimate of drug-likeness (QED) is 0.0826. The summed E-state index contributed by atoms with van der Waals surface area (Å²) >= 11 is 0.315. The number of hydrogen-bond donors (Lipinski definition) is 0. The molecule has 1 amide bonds. The molecular formula is C37H40F4N4O2S. The van der Waals surface area contributed by atoms with Crippen LogP contribution >= 0.6 is 11.8 Å². The van der Waals surface area contributed by atoms with E-state index in [1.165, 1.54) is 19.1 Å². The molecule has 0 radical (unpaired) electrons. The van der Waals surface area contributed by atoms with Gasteiger partial charge in [0.2, 0.25) is 5.91 Å². The molecule has 0 unspecified atom stereocenters. The van der Waals surface area contributed by atoms with E-state index in [2.05, 4.69) is 4.98 Å². The van der Waals surface area contributed by atoms with E-state index >= 15 is 0 Å². The monoisotopic (exact) mass is 689 g/mol. The van der Waals surface area contributed by atoms with Gasteiger partial charge in [-0.15, -0.1) is 0 Å². The van der Waals surface area contributed by atoms with Crippen molar-refractivity contribution < 1.29 is 34.7 Å². The van der Waals surface area contributed by atoms with Crippen molar-refractivity contribution in [2.45, 2.75) is 70.1 Å². The molecule has 0 saturated carbocycles. The number of halogens is 4. The van der Waals surface area contributed by atoms with Gasteiger partial charge < -0.3 is 14.4 Å². The van der Waals surface area contributed by atoms with Crippen LogP contribution < -0.4 is 5.56 Å². The molecule has 3 aromatic carbocycles. The lowest BCUT2D eigenvalue weighted by molar-refractivity contribution is -0.137. The Hall–Kier alpha value is -3.96. The highest BCUT2D eigenvalue weighted by Gasteiger charge is 2.30. The highest BCUT2D eigenvalue weighted by atomic mass is 32.2. The van der Waals surface area contributed by atoms with Crippen molar-refractivity contribution in [3.63, 3.8) is 0 Å². The van der Waals surface area contributed by atoms with Gasteiger partial charge >= 0.3 is 6.18 Å². The molecule has 1 aliphatic rings. The van der Waals surface area contributed by atoms with Crippen LogP contribution in [0.2, 0.25) is 0 Å². The summed E-state index contributed by atoms with van der Waals surface area (Å²) in [6.07, 6.45) is -3.98. The van der Waals surface area contributed by atoms with Crippen molar-refractivity contribution in [2.75, 3.05) is 26.2 Å². The Labute approximate surface area is 295 Å².